The fourth-order valence-electron chi connectivity index (χ4n) is 2.13. The monoisotopic (exact) mass is 364 g/mol. The van der Waals surface area contributed by atoms with Crippen molar-refractivity contribution in [3.8, 4) is 0 Å². The lowest BCUT2D eigenvalue weighted by Gasteiger charge is -2.27. The van der Waals surface area contributed by atoms with E-state index in [9.17, 15) is 18.0 Å². The number of hydrogen-bond donors (Lipinski definition) is 1. The zero-order chi connectivity index (χ0) is 15.6. The van der Waals surface area contributed by atoms with Gasteiger partial charge in [0, 0.05) is 36.0 Å². The average Bonchev–Trinajstić information content (AvgIpc) is 2.46. The number of carbonyl (C=O) groups is 1. The number of nitrogens with zero attached hydrogens (tertiary/aromatic N) is 2. The molecule has 21 heavy (non-hydrogen) atoms. The van der Waals surface area contributed by atoms with Crippen LogP contribution < -0.4 is 0 Å². The molecule has 0 saturated carbocycles. The predicted octanol–water partition coefficient (Wildman–Crippen LogP) is 3.53. The molecule has 0 aromatic heterocycles. The Hall–Kier alpha value is -1.57. The Labute approximate surface area is 127 Å². The number of oxime groups is 1. The van der Waals surface area contributed by atoms with Crippen molar-refractivity contribution >= 4 is 27.5 Å². The van der Waals surface area contributed by atoms with Crippen molar-refractivity contribution in [2.24, 2.45) is 5.16 Å². The van der Waals surface area contributed by atoms with Crippen LogP contribution in [0.25, 0.3) is 0 Å². The Balaban J connectivity index is 2.21. The van der Waals surface area contributed by atoms with E-state index >= 15 is 0 Å². The van der Waals surface area contributed by atoms with Crippen LogP contribution in [-0.4, -0.2) is 34.8 Å². The fraction of sp³-hybridized carbons (Fsp3) is 0.385. The Morgan fingerprint density at radius 3 is 2.43 bits per heavy atom. The first-order valence-corrected chi connectivity index (χ1v) is 6.98. The third-order valence-corrected chi connectivity index (χ3v) is 3.98. The minimum absolute atomic E-state index is 0.00471. The third-order valence-electron chi connectivity index (χ3n) is 3.29. The molecule has 1 N–H and O–H groups in total. The van der Waals surface area contributed by atoms with E-state index in [0.717, 1.165) is 6.07 Å². The van der Waals surface area contributed by atoms with Crippen LogP contribution in [0.5, 0.6) is 0 Å². The van der Waals surface area contributed by atoms with Crippen molar-refractivity contribution < 1.29 is 23.2 Å². The molecule has 1 amide bonds. The van der Waals surface area contributed by atoms with Gasteiger partial charge in [-0.1, -0.05) is 21.1 Å². The van der Waals surface area contributed by atoms with Crippen molar-refractivity contribution in [3.05, 3.63) is 33.8 Å². The summed E-state index contributed by atoms with van der Waals surface area (Å²) in [6, 6.07) is 3.43. The van der Waals surface area contributed by atoms with Crippen molar-refractivity contribution in [1.82, 2.24) is 4.90 Å². The normalized spacial score (nSPS) is 16.0. The van der Waals surface area contributed by atoms with Crippen molar-refractivity contribution in [2.45, 2.75) is 19.0 Å². The number of alkyl halides is 3. The topological polar surface area (TPSA) is 52.9 Å². The van der Waals surface area contributed by atoms with Crippen LogP contribution in [-0.2, 0) is 6.18 Å². The largest absolute Gasteiger partial charge is 0.417 e. The average molecular weight is 365 g/mol. The van der Waals surface area contributed by atoms with Gasteiger partial charge in [-0.05, 0) is 18.2 Å². The zero-order valence-corrected chi connectivity index (χ0v) is 12.4. The van der Waals surface area contributed by atoms with Gasteiger partial charge < -0.3 is 10.1 Å². The first-order chi connectivity index (χ1) is 9.82. The lowest BCUT2D eigenvalue weighted by Crippen LogP contribution is -2.38. The summed E-state index contributed by atoms with van der Waals surface area (Å²) in [5.74, 6) is -0.454. The summed E-state index contributed by atoms with van der Waals surface area (Å²) in [5, 5.41) is 11.7. The van der Waals surface area contributed by atoms with Gasteiger partial charge >= 0.3 is 6.18 Å². The lowest BCUT2D eigenvalue weighted by atomic mass is 10.1. The highest BCUT2D eigenvalue weighted by atomic mass is 79.9. The molecule has 1 heterocycles. The van der Waals surface area contributed by atoms with Crippen LogP contribution in [0.4, 0.5) is 13.2 Å². The maximum Gasteiger partial charge on any atom is 0.417 e. The number of hydrogen-bond acceptors (Lipinski definition) is 3. The Bertz CT molecular complexity index is 577. The molecule has 2 rings (SSSR count). The first-order valence-electron chi connectivity index (χ1n) is 6.18. The van der Waals surface area contributed by atoms with E-state index in [1.54, 1.807) is 0 Å². The minimum atomic E-state index is -4.52. The van der Waals surface area contributed by atoms with Gasteiger partial charge in [0.2, 0.25) is 0 Å². The van der Waals surface area contributed by atoms with Gasteiger partial charge in [-0.25, -0.2) is 0 Å². The number of piperidine rings is 1. The predicted molar refractivity (Wildman–Crippen MR) is 73.5 cm³/mol. The van der Waals surface area contributed by atoms with E-state index in [0.29, 0.717) is 31.6 Å². The van der Waals surface area contributed by atoms with Gasteiger partial charge in [0.15, 0.2) is 0 Å². The van der Waals surface area contributed by atoms with Gasteiger partial charge in [0.1, 0.15) is 0 Å². The van der Waals surface area contributed by atoms with Crippen molar-refractivity contribution in [2.75, 3.05) is 13.1 Å². The molecular weight excluding hydrogens is 353 g/mol. The Kier molecular flexibility index (Phi) is 4.55. The Morgan fingerprint density at radius 1 is 1.29 bits per heavy atom. The number of benzene rings is 1. The van der Waals surface area contributed by atoms with Gasteiger partial charge in [-0.2, -0.15) is 13.2 Å². The van der Waals surface area contributed by atoms with E-state index in [-0.39, 0.29) is 10.0 Å². The standard InChI is InChI=1S/C13H12BrF3N2O2/c14-11-2-1-8(7-10(11)13(15,16)17)12(20)19-5-3-9(18-21)4-6-19/h1-2,7,21H,3-6H2. The quantitative estimate of drug-likeness (QED) is 0.612. The maximum atomic E-state index is 12.8. The molecular formula is C13H12BrF3N2O2. The number of carbonyl (C=O) groups excluding carboxylic acids is 1. The fourth-order valence-corrected chi connectivity index (χ4v) is 2.60. The Morgan fingerprint density at radius 2 is 1.90 bits per heavy atom. The highest BCUT2D eigenvalue weighted by molar-refractivity contribution is 9.10. The van der Waals surface area contributed by atoms with Crippen LogP contribution in [0.15, 0.2) is 27.8 Å². The van der Waals surface area contributed by atoms with Crippen molar-refractivity contribution in [1.29, 1.82) is 0 Å². The number of amides is 1. The molecule has 0 unspecified atom stereocenters. The summed E-state index contributed by atoms with van der Waals surface area (Å²) in [5.41, 5.74) is -0.288. The molecule has 8 heteroatoms. The molecule has 0 atom stereocenters. The smallest absolute Gasteiger partial charge is 0.411 e. The van der Waals surface area contributed by atoms with Crippen LogP contribution in [0, 0.1) is 0 Å². The molecule has 1 saturated heterocycles. The summed E-state index contributed by atoms with van der Waals surface area (Å²) < 4.78 is 38.4. The molecule has 1 aliphatic rings. The molecule has 1 aliphatic heterocycles. The third kappa shape index (κ3) is 3.55. The highest BCUT2D eigenvalue weighted by Crippen LogP contribution is 2.35. The second kappa shape index (κ2) is 6.05. The van der Waals surface area contributed by atoms with Crippen LogP contribution in [0.1, 0.15) is 28.8 Å². The molecule has 114 valence electrons. The van der Waals surface area contributed by atoms with E-state index in [4.69, 9.17) is 5.21 Å². The summed E-state index contributed by atoms with van der Waals surface area (Å²) in [6.45, 7) is 0.658. The maximum absolute atomic E-state index is 12.8. The van der Waals surface area contributed by atoms with Gasteiger partial charge in [-0.15, -0.1) is 0 Å². The number of halogens is 4. The van der Waals surface area contributed by atoms with Crippen LogP contribution in [0.3, 0.4) is 0 Å². The SMILES string of the molecule is O=C(c1ccc(Br)c(C(F)(F)F)c1)N1CCC(=NO)CC1. The summed E-state index contributed by atoms with van der Waals surface area (Å²) in [4.78, 5) is 13.7. The molecule has 4 nitrogen and oxygen atoms in total. The molecule has 0 aliphatic carbocycles. The number of rotatable bonds is 1. The molecule has 1 fully saturated rings. The van der Waals surface area contributed by atoms with E-state index in [2.05, 4.69) is 21.1 Å². The van der Waals surface area contributed by atoms with Crippen LogP contribution in [0.2, 0.25) is 0 Å². The summed E-state index contributed by atoms with van der Waals surface area (Å²) >= 11 is 2.84. The van der Waals surface area contributed by atoms with Gasteiger partial charge in [0.05, 0.1) is 11.3 Å². The highest BCUT2D eigenvalue weighted by Gasteiger charge is 2.34. The molecule has 1 aromatic rings. The number of likely N-dealkylation sites (tertiary alicyclic amines) is 1. The first kappa shape index (κ1) is 15.8. The van der Waals surface area contributed by atoms with E-state index < -0.39 is 17.6 Å². The summed E-state index contributed by atoms with van der Waals surface area (Å²) in [7, 11) is 0. The zero-order valence-electron chi connectivity index (χ0n) is 10.8. The van der Waals surface area contributed by atoms with Crippen LogP contribution >= 0.6 is 15.9 Å². The second-order valence-electron chi connectivity index (χ2n) is 4.65. The molecule has 0 radical (unpaired) electrons. The van der Waals surface area contributed by atoms with Gasteiger partial charge in [0.25, 0.3) is 5.91 Å². The molecule has 1 aromatic carbocycles. The van der Waals surface area contributed by atoms with E-state index in [1.807, 2.05) is 0 Å². The van der Waals surface area contributed by atoms with Gasteiger partial charge in [-0.3, -0.25) is 4.79 Å². The second-order valence-corrected chi connectivity index (χ2v) is 5.51. The minimum Gasteiger partial charge on any atom is -0.411 e. The van der Waals surface area contributed by atoms with Crippen molar-refractivity contribution in [3.63, 3.8) is 0 Å². The lowest BCUT2D eigenvalue weighted by molar-refractivity contribution is -0.138. The summed E-state index contributed by atoms with van der Waals surface area (Å²) in [6.07, 6.45) is -3.68. The molecule has 0 spiro atoms. The van der Waals surface area contributed by atoms with E-state index in [1.165, 1.54) is 17.0 Å². The molecule has 0 bridgehead atoms.